The minimum atomic E-state index is -0.667. The maximum Gasteiger partial charge on any atom is 0.248 e. The molecule has 1 aromatic carbocycles. The zero-order valence-corrected chi connectivity index (χ0v) is 11.1. The predicted molar refractivity (Wildman–Crippen MR) is 71.3 cm³/mol. The molecule has 0 aliphatic rings. The second kappa shape index (κ2) is 6.86. The Kier molecular flexibility index (Phi) is 5.47. The Balaban J connectivity index is 2.63. The molecule has 0 bridgehead atoms. The van der Waals surface area contributed by atoms with Gasteiger partial charge in [0, 0.05) is 26.3 Å². The van der Waals surface area contributed by atoms with Crippen LogP contribution >= 0.6 is 0 Å². The summed E-state index contributed by atoms with van der Waals surface area (Å²) in [6.45, 7) is 0.596. The highest BCUT2D eigenvalue weighted by Crippen LogP contribution is 2.07. The minimum Gasteiger partial charge on any atom is -0.383 e. The standard InChI is InChI=1S/C13H19N3O3/c1-16(13(18)11(14)8-19-2)7-9-3-5-10(6-4-9)12(15)17/h3-6,11H,7-8,14H2,1-2H3,(H2,15,17). The lowest BCUT2D eigenvalue weighted by Crippen LogP contribution is -2.44. The van der Waals surface area contributed by atoms with E-state index < -0.39 is 11.9 Å². The van der Waals surface area contributed by atoms with Crippen molar-refractivity contribution in [1.82, 2.24) is 4.90 Å². The van der Waals surface area contributed by atoms with Crippen LogP contribution in [-0.4, -0.2) is 43.5 Å². The number of hydrogen-bond acceptors (Lipinski definition) is 4. The molecular formula is C13H19N3O3. The van der Waals surface area contributed by atoms with E-state index in [4.69, 9.17) is 16.2 Å². The normalized spacial score (nSPS) is 11.9. The lowest BCUT2D eigenvalue weighted by atomic mass is 10.1. The molecule has 2 amide bonds. The van der Waals surface area contributed by atoms with E-state index in [0.29, 0.717) is 12.1 Å². The number of rotatable bonds is 6. The average Bonchev–Trinajstić information content (AvgIpc) is 2.38. The van der Waals surface area contributed by atoms with E-state index in [0.717, 1.165) is 5.56 Å². The minimum absolute atomic E-state index is 0.184. The summed E-state index contributed by atoms with van der Waals surface area (Å²) in [5.41, 5.74) is 12.2. The third-order valence-corrected chi connectivity index (χ3v) is 2.70. The molecule has 0 spiro atoms. The number of methoxy groups -OCH3 is 1. The molecule has 19 heavy (non-hydrogen) atoms. The van der Waals surface area contributed by atoms with Crippen LogP contribution in [0.15, 0.2) is 24.3 Å². The summed E-state index contributed by atoms with van der Waals surface area (Å²) in [6, 6.07) is 6.10. The molecule has 0 aliphatic heterocycles. The van der Waals surface area contributed by atoms with Gasteiger partial charge in [0.25, 0.3) is 0 Å². The molecule has 0 radical (unpaired) electrons. The first kappa shape index (κ1) is 15.1. The summed E-state index contributed by atoms with van der Waals surface area (Å²) in [5.74, 6) is -0.668. The molecule has 1 rings (SSSR count). The summed E-state index contributed by atoms with van der Waals surface area (Å²) >= 11 is 0. The first-order valence-corrected chi connectivity index (χ1v) is 5.84. The van der Waals surface area contributed by atoms with Crippen molar-refractivity contribution < 1.29 is 14.3 Å². The molecule has 0 saturated heterocycles. The number of likely N-dealkylation sites (N-methyl/N-ethyl adjacent to an activating group) is 1. The Hall–Kier alpha value is -1.92. The van der Waals surface area contributed by atoms with Crippen molar-refractivity contribution in [1.29, 1.82) is 0 Å². The van der Waals surface area contributed by atoms with Gasteiger partial charge in [-0.2, -0.15) is 0 Å². The quantitative estimate of drug-likeness (QED) is 0.738. The van der Waals surface area contributed by atoms with Crippen LogP contribution < -0.4 is 11.5 Å². The molecular weight excluding hydrogens is 246 g/mol. The van der Waals surface area contributed by atoms with Gasteiger partial charge in [0.15, 0.2) is 0 Å². The summed E-state index contributed by atoms with van der Waals surface area (Å²) in [4.78, 5) is 24.3. The highest BCUT2D eigenvalue weighted by atomic mass is 16.5. The monoisotopic (exact) mass is 265 g/mol. The third-order valence-electron chi connectivity index (χ3n) is 2.70. The van der Waals surface area contributed by atoms with Crippen LogP contribution in [0.1, 0.15) is 15.9 Å². The van der Waals surface area contributed by atoms with Crippen LogP contribution in [0.4, 0.5) is 0 Å². The van der Waals surface area contributed by atoms with Crippen molar-refractivity contribution in [2.75, 3.05) is 20.8 Å². The molecule has 6 heteroatoms. The molecule has 0 heterocycles. The summed E-state index contributed by atoms with van der Waals surface area (Å²) in [7, 11) is 3.16. The molecule has 1 unspecified atom stereocenters. The van der Waals surface area contributed by atoms with Gasteiger partial charge in [-0.1, -0.05) is 12.1 Å². The molecule has 104 valence electrons. The third kappa shape index (κ3) is 4.35. The van der Waals surface area contributed by atoms with Crippen LogP contribution in [0.3, 0.4) is 0 Å². The first-order chi connectivity index (χ1) is 8.95. The van der Waals surface area contributed by atoms with E-state index >= 15 is 0 Å². The highest BCUT2D eigenvalue weighted by molar-refractivity contribution is 5.92. The van der Waals surface area contributed by atoms with Crippen LogP contribution in [0.5, 0.6) is 0 Å². The zero-order chi connectivity index (χ0) is 14.4. The zero-order valence-electron chi connectivity index (χ0n) is 11.1. The van der Waals surface area contributed by atoms with Gasteiger partial charge in [-0.3, -0.25) is 9.59 Å². The molecule has 0 aliphatic carbocycles. The number of nitrogens with zero attached hydrogens (tertiary/aromatic N) is 1. The van der Waals surface area contributed by atoms with Gasteiger partial charge < -0.3 is 21.1 Å². The highest BCUT2D eigenvalue weighted by Gasteiger charge is 2.17. The Bertz CT molecular complexity index is 445. The largest absolute Gasteiger partial charge is 0.383 e. The molecule has 1 atom stereocenters. The fourth-order valence-electron chi connectivity index (χ4n) is 1.66. The van der Waals surface area contributed by atoms with E-state index in [9.17, 15) is 9.59 Å². The number of benzene rings is 1. The number of carbonyl (C=O) groups is 2. The second-order valence-electron chi connectivity index (χ2n) is 4.32. The van der Waals surface area contributed by atoms with Gasteiger partial charge >= 0.3 is 0 Å². The predicted octanol–water partition coefficient (Wildman–Crippen LogP) is -0.282. The lowest BCUT2D eigenvalue weighted by molar-refractivity contribution is -0.132. The van der Waals surface area contributed by atoms with Crippen LogP contribution in [0.25, 0.3) is 0 Å². The summed E-state index contributed by atoms with van der Waals surface area (Å²) in [6.07, 6.45) is 0. The first-order valence-electron chi connectivity index (χ1n) is 5.84. The molecule has 0 saturated carbocycles. The van der Waals surface area contributed by atoms with Crippen molar-refractivity contribution in [2.45, 2.75) is 12.6 Å². The van der Waals surface area contributed by atoms with Gasteiger partial charge in [-0.25, -0.2) is 0 Å². The number of ether oxygens (including phenoxy) is 1. The molecule has 1 aromatic rings. The van der Waals surface area contributed by atoms with Crippen LogP contribution in [-0.2, 0) is 16.1 Å². The summed E-state index contributed by atoms with van der Waals surface area (Å²) < 4.78 is 4.84. The van der Waals surface area contributed by atoms with Gasteiger partial charge in [-0.15, -0.1) is 0 Å². The fourth-order valence-corrected chi connectivity index (χ4v) is 1.66. The number of carbonyl (C=O) groups excluding carboxylic acids is 2. The van der Waals surface area contributed by atoms with Crippen molar-refractivity contribution in [3.63, 3.8) is 0 Å². The van der Waals surface area contributed by atoms with E-state index in [1.165, 1.54) is 12.0 Å². The molecule has 6 nitrogen and oxygen atoms in total. The van der Waals surface area contributed by atoms with Crippen molar-refractivity contribution in [2.24, 2.45) is 11.5 Å². The van der Waals surface area contributed by atoms with E-state index in [1.807, 2.05) is 0 Å². The Morgan fingerprint density at radius 1 is 1.32 bits per heavy atom. The Labute approximate surface area is 112 Å². The van der Waals surface area contributed by atoms with Crippen molar-refractivity contribution in [3.8, 4) is 0 Å². The number of primary amides is 1. The molecule has 4 N–H and O–H groups in total. The Morgan fingerprint density at radius 2 is 1.89 bits per heavy atom. The number of amides is 2. The topological polar surface area (TPSA) is 98.7 Å². The van der Waals surface area contributed by atoms with E-state index in [1.54, 1.807) is 31.3 Å². The van der Waals surface area contributed by atoms with Crippen LogP contribution in [0, 0.1) is 0 Å². The van der Waals surface area contributed by atoms with Crippen molar-refractivity contribution in [3.05, 3.63) is 35.4 Å². The van der Waals surface area contributed by atoms with E-state index in [-0.39, 0.29) is 12.5 Å². The maximum absolute atomic E-state index is 11.9. The second-order valence-corrected chi connectivity index (χ2v) is 4.32. The molecule has 0 aromatic heterocycles. The lowest BCUT2D eigenvalue weighted by Gasteiger charge is -2.21. The maximum atomic E-state index is 11.9. The molecule has 0 fully saturated rings. The van der Waals surface area contributed by atoms with Gasteiger partial charge in [-0.05, 0) is 17.7 Å². The smallest absolute Gasteiger partial charge is 0.248 e. The van der Waals surface area contributed by atoms with Crippen LogP contribution in [0.2, 0.25) is 0 Å². The Morgan fingerprint density at radius 3 is 2.37 bits per heavy atom. The average molecular weight is 265 g/mol. The van der Waals surface area contributed by atoms with Gasteiger partial charge in [0.2, 0.25) is 11.8 Å². The van der Waals surface area contributed by atoms with Gasteiger partial charge in [0.1, 0.15) is 6.04 Å². The summed E-state index contributed by atoms with van der Waals surface area (Å²) in [5, 5.41) is 0. The van der Waals surface area contributed by atoms with E-state index in [2.05, 4.69) is 0 Å². The number of hydrogen-bond donors (Lipinski definition) is 2. The fraction of sp³-hybridized carbons (Fsp3) is 0.385. The number of nitrogens with two attached hydrogens (primary N) is 2. The SMILES string of the molecule is COCC(N)C(=O)N(C)Cc1ccc(C(N)=O)cc1. The van der Waals surface area contributed by atoms with Gasteiger partial charge in [0.05, 0.1) is 6.61 Å². The van der Waals surface area contributed by atoms with Crippen molar-refractivity contribution >= 4 is 11.8 Å².